The van der Waals surface area contributed by atoms with Crippen molar-refractivity contribution in [2.24, 2.45) is 5.73 Å². The molecule has 1 aromatic rings. The van der Waals surface area contributed by atoms with E-state index in [2.05, 4.69) is 18.0 Å². The van der Waals surface area contributed by atoms with Crippen LogP contribution in [0.2, 0.25) is 0 Å². The van der Waals surface area contributed by atoms with Gasteiger partial charge in [0.2, 0.25) is 0 Å². The zero-order chi connectivity index (χ0) is 12.0. The summed E-state index contributed by atoms with van der Waals surface area (Å²) in [5, 5.41) is 0. The molecule has 0 aromatic heterocycles. The third-order valence-electron chi connectivity index (χ3n) is 2.31. The lowest BCUT2D eigenvalue weighted by molar-refractivity contribution is 0.293. The Morgan fingerprint density at radius 3 is 2.69 bits per heavy atom. The normalized spacial score (nSPS) is 12.8. The fourth-order valence-electron chi connectivity index (χ4n) is 1.78. The van der Waals surface area contributed by atoms with E-state index in [9.17, 15) is 0 Å². The number of hydrogen-bond acceptors (Lipinski definition) is 3. The van der Waals surface area contributed by atoms with Crippen molar-refractivity contribution in [1.29, 1.82) is 0 Å². The predicted octanol–water partition coefficient (Wildman–Crippen LogP) is 1.86. The Morgan fingerprint density at radius 2 is 2.06 bits per heavy atom. The van der Waals surface area contributed by atoms with Crippen molar-refractivity contribution in [2.75, 3.05) is 20.2 Å². The lowest BCUT2D eigenvalue weighted by Crippen LogP contribution is -2.32. The zero-order valence-corrected chi connectivity index (χ0v) is 10.4. The van der Waals surface area contributed by atoms with Crippen LogP contribution in [0.15, 0.2) is 24.3 Å². The van der Waals surface area contributed by atoms with Crippen molar-refractivity contribution in [3.8, 4) is 5.75 Å². The number of rotatable bonds is 6. The topological polar surface area (TPSA) is 38.5 Å². The molecule has 1 unspecified atom stereocenters. The molecule has 0 heterocycles. The van der Waals surface area contributed by atoms with Gasteiger partial charge in [-0.3, -0.25) is 0 Å². The molecule has 3 heteroatoms. The summed E-state index contributed by atoms with van der Waals surface area (Å²) in [6.45, 7) is 6.49. The Labute approximate surface area is 98.2 Å². The van der Waals surface area contributed by atoms with Gasteiger partial charge < -0.3 is 15.4 Å². The first-order valence-electron chi connectivity index (χ1n) is 5.78. The summed E-state index contributed by atoms with van der Waals surface area (Å²) in [7, 11) is 2.08. The first-order chi connectivity index (χ1) is 7.63. The minimum absolute atomic E-state index is 0.198. The number of nitrogens with two attached hydrogens (primary N) is 1. The molecule has 1 atom stereocenters. The molecule has 0 aliphatic heterocycles. The number of likely N-dealkylation sites (N-methyl/N-ethyl adjacent to an activating group) is 1. The Morgan fingerprint density at radius 1 is 1.38 bits per heavy atom. The number of nitrogens with zero attached hydrogens (tertiary/aromatic N) is 1. The molecule has 0 bridgehead atoms. The average molecular weight is 222 g/mol. The molecule has 0 amide bonds. The predicted molar refractivity (Wildman–Crippen MR) is 67.6 cm³/mol. The first-order valence-corrected chi connectivity index (χ1v) is 5.78. The van der Waals surface area contributed by atoms with Gasteiger partial charge in [-0.1, -0.05) is 18.2 Å². The van der Waals surface area contributed by atoms with Crippen LogP contribution in [0, 0.1) is 0 Å². The van der Waals surface area contributed by atoms with Crippen molar-refractivity contribution in [2.45, 2.75) is 26.4 Å². The van der Waals surface area contributed by atoms with Crippen molar-refractivity contribution >= 4 is 0 Å². The molecule has 2 N–H and O–H groups in total. The second kappa shape index (κ2) is 6.51. The summed E-state index contributed by atoms with van der Waals surface area (Å²) in [4.78, 5) is 2.21. The summed E-state index contributed by atoms with van der Waals surface area (Å²) in [5.74, 6) is 0.974. The molecule has 16 heavy (non-hydrogen) atoms. The van der Waals surface area contributed by atoms with Gasteiger partial charge in [0.1, 0.15) is 5.75 Å². The average Bonchev–Trinajstić information content (AvgIpc) is 2.20. The van der Waals surface area contributed by atoms with Gasteiger partial charge in [0, 0.05) is 24.7 Å². The van der Waals surface area contributed by atoms with Crippen LogP contribution in [-0.4, -0.2) is 31.1 Å². The van der Waals surface area contributed by atoms with Gasteiger partial charge in [0.15, 0.2) is 0 Å². The monoisotopic (exact) mass is 222 g/mol. The Bertz CT molecular complexity index is 313. The molecular weight excluding hydrogens is 200 g/mol. The number of para-hydroxylation sites is 1. The summed E-state index contributed by atoms with van der Waals surface area (Å²) >= 11 is 0. The first kappa shape index (κ1) is 13.0. The van der Waals surface area contributed by atoms with Crippen molar-refractivity contribution in [3.63, 3.8) is 0 Å². The fraction of sp³-hybridized carbons (Fsp3) is 0.538. The van der Waals surface area contributed by atoms with Gasteiger partial charge in [-0.05, 0) is 27.0 Å². The molecule has 1 rings (SSSR count). The smallest absolute Gasteiger partial charge is 0.123 e. The van der Waals surface area contributed by atoms with E-state index in [-0.39, 0.29) is 6.04 Å². The van der Waals surface area contributed by atoms with E-state index in [1.165, 1.54) is 5.56 Å². The van der Waals surface area contributed by atoms with Gasteiger partial charge in [-0.15, -0.1) is 0 Å². The maximum absolute atomic E-state index is 5.77. The quantitative estimate of drug-likeness (QED) is 0.798. The van der Waals surface area contributed by atoms with Crippen LogP contribution in [-0.2, 0) is 6.54 Å². The maximum Gasteiger partial charge on any atom is 0.123 e. The minimum Gasteiger partial charge on any atom is -0.494 e. The van der Waals surface area contributed by atoms with Crippen LogP contribution < -0.4 is 10.5 Å². The van der Waals surface area contributed by atoms with Crippen LogP contribution in [0.4, 0.5) is 0 Å². The van der Waals surface area contributed by atoms with E-state index in [0.717, 1.165) is 18.8 Å². The molecule has 0 fully saturated rings. The lowest BCUT2D eigenvalue weighted by atomic mass is 10.2. The Balaban J connectivity index is 2.64. The van der Waals surface area contributed by atoms with Gasteiger partial charge in [0.05, 0.1) is 6.61 Å². The summed E-state index contributed by atoms with van der Waals surface area (Å²) in [6.07, 6.45) is 0. The SMILES string of the molecule is CCOc1ccccc1CN(C)CC(C)N. The molecule has 0 saturated carbocycles. The van der Waals surface area contributed by atoms with Crippen LogP contribution >= 0.6 is 0 Å². The van der Waals surface area contributed by atoms with Gasteiger partial charge in [-0.2, -0.15) is 0 Å². The van der Waals surface area contributed by atoms with Crippen LogP contribution in [0.1, 0.15) is 19.4 Å². The molecule has 0 spiro atoms. The molecule has 0 aliphatic carbocycles. The van der Waals surface area contributed by atoms with E-state index < -0.39 is 0 Å². The van der Waals surface area contributed by atoms with E-state index in [1.807, 2.05) is 32.0 Å². The summed E-state index contributed by atoms with van der Waals surface area (Å²) < 4.78 is 5.58. The highest BCUT2D eigenvalue weighted by Crippen LogP contribution is 2.19. The van der Waals surface area contributed by atoms with Crippen LogP contribution in [0.25, 0.3) is 0 Å². The number of hydrogen-bond donors (Lipinski definition) is 1. The van der Waals surface area contributed by atoms with Crippen molar-refractivity contribution in [3.05, 3.63) is 29.8 Å². The highest BCUT2D eigenvalue weighted by Gasteiger charge is 2.07. The van der Waals surface area contributed by atoms with Gasteiger partial charge >= 0.3 is 0 Å². The molecule has 3 nitrogen and oxygen atoms in total. The van der Waals surface area contributed by atoms with Crippen LogP contribution in [0.5, 0.6) is 5.75 Å². The second-order valence-corrected chi connectivity index (χ2v) is 4.21. The van der Waals surface area contributed by atoms with E-state index in [4.69, 9.17) is 10.5 Å². The number of benzene rings is 1. The van der Waals surface area contributed by atoms with E-state index in [0.29, 0.717) is 6.61 Å². The van der Waals surface area contributed by atoms with E-state index in [1.54, 1.807) is 0 Å². The van der Waals surface area contributed by atoms with E-state index >= 15 is 0 Å². The zero-order valence-electron chi connectivity index (χ0n) is 10.4. The van der Waals surface area contributed by atoms with Crippen LogP contribution in [0.3, 0.4) is 0 Å². The third-order valence-corrected chi connectivity index (χ3v) is 2.31. The van der Waals surface area contributed by atoms with Crippen molar-refractivity contribution in [1.82, 2.24) is 4.90 Å². The van der Waals surface area contributed by atoms with Gasteiger partial charge in [-0.25, -0.2) is 0 Å². The third kappa shape index (κ3) is 4.21. The maximum atomic E-state index is 5.77. The van der Waals surface area contributed by atoms with Crippen molar-refractivity contribution < 1.29 is 4.74 Å². The molecule has 0 saturated heterocycles. The molecule has 1 aromatic carbocycles. The Kier molecular flexibility index (Phi) is 5.29. The molecule has 0 radical (unpaired) electrons. The van der Waals surface area contributed by atoms with Gasteiger partial charge in [0.25, 0.3) is 0 Å². The molecular formula is C13H22N2O. The minimum atomic E-state index is 0.198. The Hall–Kier alpha value is -1.06. The summed E-state index contributed by atoms with van der Waals surface area (Å²) in [5.41, 5.74) is 6.99. The fourth-order valence-corrected chi connectivity index (χ4v) is 1.78. The molecule has 0 aliphatic rings. The highest BCUT2D eigenvalue weighted by atomic mass is 16.5. The standard InChI is InChI=1S/C13H22N2O/c1-4-16-13-8-6-5-7-12(13)10-15(3)9-11(2)14/h5-8,11H,4,9-10,14H2,1-3H3. The summed E-state index contributed by atoms with van der Waals surface area (Å²) in [6, 6.07) is 8.35. The second-order valence-electron chi connectivity index (χ2n) is 4.21. The lowest BCUT2D eigenvalue weighted by Gasteiger charge is -2.20. The largest absolute Gasteiger partial charge is 0.494 e. The highest BCUT2D eigenvalue weighted by molar-refractivity contribution is 5.33. The number of ether oxygens (including phenoxy) is 1. The molecule has 90 valence electrons.